The summed E-state index contributed by atoms with van der Waals surface area (Å²) in [6, 6.07) is 21.0. The van der Waals surface area contributed by atoms with Crippen LogP contribution in [-0.2, 0) is 14.0 Å². The number of hydrogen-bond acceptors (Lipinski definition) is 4. The van der Waals surface area contributed by atoms with Crippen LogP contribution in [0.4, 0.5) is 0 Å². The third kappa shape index (κ3) is 6.63. The number of hydrogen-bond donors (Lipinski definition) is 1. The first-order valence-corrected chi connectivity index (χ1v) is 13.0. The smallest absolute Gasteiger partial charge is 0.305 e. The maximum Gasteiger partial charge on any atom is 0.305 e. The van der Waals surface area contributed by atoms with Crippen molar-refractivity contribution in [3.05, 3.63) is 72.8 Å². The minimum Gasteiger partial charge on any atom is -0.466 e. The summed E-state index contributed by atoms with van der Waals surface area (Å²) in [7, 11) is -2.70. The summed E-state index contributed by atoms with van der Waals surface area (Å²) in [6.45, 7) is 8.89. The second-order valence-corrected chi connectivity index (χ2v) is 12.9. The van der Waals surface area contributed by atoms with Crippen molar-refractivity contribution in [2.75, 3.05) is 13.2 Å². The van der Waals surface area contributed by atoms with Crippen LogP contribution >= 0.6 is 0 Å². The van der Waals surface area contributed by atoms with E-state index < -0.39 is 8.32 Å². The van der Waals surface area contributed by atoms with E-state index in [0.29, 0.717) is 25.9 Å². The zero-order chi connectivity index (χ0) is 22.7. The van der Waals surface area contributed by atoms with E-state index in [1.165, 1.54) is 10.4 Å². The molecule has 0 saturated carbocycles. The largest absolute Gasteiger partial charge is 0.466 e. The van der Waals surface area contributed by atoms with Crippen molar-refractivity contribution < 1.29 is 19.1 Å². The van der Waals surface area contributed by atoms with Gasteiger partial charge in [0.25, 0.3) is 8.32 Å². The fourth-order valence-electron chi connectivity index (χ4n) is 4.01. The summed E-state index contributed by atoms with van der Waals surface area (Å²) in [6.07, 6.45) is 5.16. The van der Waals surface area contributed by atoms with E-state index in [9.17, 15) is 9.90 Å². The van der Waals surface area contributed by atoms with Crippen LogP contribution in [0.15, 0.2) is 72.8 Å². The molecule has 5 heteroatoms. The molecule has 4 nitrogen and oxygen atoms in total. The quantitative estimate of drug-likeness (QED) is 0.323. The molecular weight excluding hydrogens is 404 g/mol. The number of carbonyl (C=O) groups excluding carboxylic acids is 1. The number of rotatable bonds is 11. The highest BCUT2D eigenvalue weighted by molar-refractivity contribution is 6.99. The Labute approximate surface area is 188 Å². The van der Waals surface area contributed by atoms with E-state index in [4.69, 9.17) is 9.16 Å². The topological polar surface area (TPSA) is 55.8 Å². The predicted octanol–water partition coefficient (Wildman–Crippen LogP) is 4.21. The lowest BCUT2D eigenvalue weighted by atomic mass is 10.1. The summed E-state index contributed by atoms with van der Waals surface area (Å²) in [4.78, 5) is 11.8. The van der Waals surface area contributed by atoms with Gasteiger partial charge in [-0.25, -0.2) is 0 Å². The van der Waals surface area contributed by atoms with Crippen LogP contribution in [0.5, 0.6) is 0 Å². The minimum atomic E-state index is -2.70. The van der Waals surface area contributed by atoms with Crippen molar-refractivity contribution in [3.8, 4) is 0 Å². The van der Waals surface area contributed by atoms with Crippen molar-refractivity contribution in [2.24, 2.45) is 0 Å². The monoisotopic (exact) mass is 440 g/mol. The molecule has 0 aliphatic heterocycles. The number of aliphatic hydroxyl groups excluding tert-OH is 1. The molecule has 0 aliphatic carbocycles. The maximum absolute atomic E-state index is 11.8. The molecule has 0 aliphatic rings. The zero-order valence-electron chi connectivity index (χ0n) is 19.2. The van der Waals surface area contributed by atoms with Crippen molar-refractivity contribution in [3.63, 3.8) is 0 Å². The molecule has 0 bridgehead atoms. The summed E-state index contributed by atoms with van der Waals surface area (Å²) in [5.74, 6) is -0.183. The molecule has 0 radical (unpaired) electrons. The molecule has 2 aromatic rings. The lowest BCUT2D eigenvalue weighted by molar-refractivity contribution is -0.143. The molecular formula is C26H36O4Si. The van der Waals surface area contributed by atoms with E-state index in [-0.39, 0.29) is 23.7 Å². The molecule has 0 amide bonds. The third-order valence-electron chi connectivity index (χ3n) is 5.38. The van der Waals surface area contributed by atoms with Gasteiger partial charge in [0.1, 0.15) is 0 Å². The van der Waals surface area contributed by atoms with Gasteiger partial charge in [-0.05, 0) is 35.2 Å². The lowest BCUT2D eigenvalue weighted by Crippen LogP contribution is -2.67. The first-order chi connectivity index (χ1) is 14.8. The SMILES string of the molecule is CCOC(=O)CCC[C@@H](/C=C/CO)O[Si](c1ccccc1)(c1ccccc1)C(C)(C)C. The van der Waals surface area contributed by atoms with Crippen LogP contribution in [0.3, 0.4) is 0 Å². The van der Waals surface area contributed by atoms with Crippen molar-refractivity contribution in [2.45, 2.75) is 58.1 Å². The first kappa shape index (κ1) is 25.1. The molecule has 1 atom stereocenters. The molecule has 0 unspecified atom stereocenters. The Morgan fingerprint density at radius 3 is 2.03 bits per heavy atom. The van der Waals surface area contributed by atoms with E-state index in [0.717, 1.165) is 0 Å². The van der Waals surface area contributed by atoms with Crippen LogP contribution in [0.25, 0.3) is 0 Å². The molecule has 0 saturated heterocycles. The van der Waals surface area contributed by atoms with Gasteiger partial charge in [-0.15, -0.1) is 0 Å². The second kappa shape index (κ2) is 12.0. The van der Waals surface area contributed by atoms with Crippen LogP contribution in [-0.4, -0.2) is 38.7 Å². The maximum atomic E-state index is 11.8. The van der Waals surface area contributed by atoms with Crippen molar-refractivity contribution in [1.29, 1.82) is 0 Å². The summed E-state index contributed by atoms with van der Waals surface area (Å²) >= 11 is 0. The van der Waals surface area contributed by atoms with Gasteiger partial charge < -0.3 is 14.3 Å². The molecule has 0 fully saturated rings. The molecule has 1 N–H and O–H groups in total. The fourth-order valence-corrected chi connectivity index (χ4v) is 8.67. The Bertz CT molecular complexity index is 773. The molecule has 0 aromatic heterocycles. The highest BCUT2D eigenvalue weighted by Crippen LogP contribution is 2.38. The van der Waals surface area contributed by atoms with Gasteiger partial charge in [-0.1, -0.05) is 93.6 Å². The van der Waals surface area contributed by atoms with Crippen molar-refractivity contribution in [1.82, 2.24) is 0 Å². The fraction of sp³-hybridized carbons (Fsp3) is 0.423. The van der Waals surface area contributed by atoms with Crippen LogP contribution < -0.4 is 10.4 Å². The molecule has 31 heavy (non-hydrogen) atoms. The number of aliphatic hydroxyl groups is 1. The average Bonchev–Trinajstić information content (AvgIpc) is 2.76. The number of ether oxygens (including phenoxy) is 1. The summed E-state index contributed by atoms with van der Waals surface area (Å²) in [5.41, 5.74) is 0. The standard InChI is InChI=1S/C26H36O4Si/c1-5-29-25(28)20-12-14-22(15-13-21-27)30-31(26(2,3)4,23-16-8-6-9-17-23)24-18-10-7-11-19-24/h6-11,13,15-19,22,27H,5,12,14,20-21H2,1-4H3/b15-13+/t22-/m0/s1. The van der Waals surface area contributed by atoms with E-state index >= 15 is 0 Å². The third-order valence-corrected chi connectivity index (χ3v) is 10.4. The zero-order valence-corrected chi connectivity index (χ0v) is 20.2. The molecule has 0 heterocycles. The highest BCUT2D eigenvalue weighted by Gasteiger charge is 2.51. The lowest BCUT2D eigenvalue weighted by Gasteiger charge is -2.45. The highest BCUT2D eigenvalue weighted by atomic mass is 28.4. The van der Waals surface area contributed by atoms with Gasteiger partial charge in [0.2, 0.25) is 0 Å². The molecule has 168 valence electrons. The minimum absolute atomic E-state index is 0.0432. The van der Waals surface area contributed by atoms with Gasteiger partial charge in [0, 0.05) is 6.42 Å². The van der Waals surface area contributed by atoms with Crippen LogP contribution in [0, 0.1) is 0 Å². The van der Waals surface area contributed by atoms with Gasteiger partial charge >= 0.3 is 5.97 Å². The Kier molecular flexibility index (Phi) is 9.69. The number of esters is 1. The summed E-state index contributed by atoms with van der Waals surface area (Å²) in [5, 5.41) is 11.7. The van der Waals surface area contributed by atoms with Crippen LogP contribution in [0.1, 0.15) is 47.0 Å². The Hall–Kier alpha value is -2.21. The van der Waals surface area contributed by atoms with Gasteiger partial charge in [-0.3, -0.25) is 4.79 Å². The molecule has 2 rings (SSSR count). The van der Waals surface area contributed by atoms with E-state index in [1.807, 2.05) is 25.1 Å². The normalized spacial score (nSPS) is 13.3. The Morgan fingerprint density at radius 2 is 1.58 bits per heavy atom. The Morgan fingerprint density at radius 1 is 1.03 bits per heavy atom. The number of benzene rings is 2. The predicted molar refractivity (Wildman–Crippen MR) is 129 cm³/mol. The summed E-state index contributed by atoms with van der Waals surface area (Å²) < 4.78 is 12.2. The van der Waals surface area contributed by atoms with Gasteiger partial charge in [0.15, 0.2) is 0 Å². The van der Waals surface area contributed by atoms with E-state index in [2.05, 4.69) is 69.3 Å². The molecule has 0 spiro atoms. The van der Waals surface area contributed by atoms with E-state index in [1.54, 1.807) is 6.08 Å². The van der Waals surface area contributed by atoms with Crippen molar-refractivity contribution >= 4 is 24.7 Å². The first-order valence-electron chi connectivity index (χ1n) is 11.1. The van der Waals surface area contributed by atoms with Gasteiger partial charge in [0.05, 0.1) is 19.3 Å². The molecule has 2 aromatic carbocycles. The number of carbonyl (C=O) groups is 1. The Balaban J connectivity index is 2.46. The average molecular weight is 441 g/mol. The van der Waals surface area contributed by atoms with Crippen LogP contribution in [0.2, 0.25) is 5.04 Å². The second-order valence-electron chi connectivity index (χ2n) is 8.63. The van der Waals surface area contributed by atoms with Gasteiger partial charge in [-0.2, -0.15) is 0 Å².